The second-order valence-electron chi connectivity index (χ2n) is 9.42. The zero-order valence-electron chi connectivity index (χ0n) is 17.9. The molecular weight excluding hydrogens is 374 g/mol. The molecule has 0 spiro atoms. The summed E-state index contributed by atoms with van der Waals surface area (Å²) in [5, 5.41) is 9.05. The molecule has 4 atom stereocenters. The Balaban J connectivity index is 2.17. The van der Waals surface area contributed by atoms with E-state index in [0.29, 0.717) is 38.0 Å². The van der Waals surface area contributed by atoms with Crippen molar-refractivity contribution in [3.05, 3.63) is 0 Å². The van der Waals surface area contributed by atoms with Crippen LogP contribution in [0.4, 0.5) is 0 Å². The monoisotopic (exact) mass is 415 g/mol. The Hall–Kier alpha value is -0.460. The molecule has 0 saturated heterocycles. The first-order chi connectivity index (χ1) is 13.4. The van der Waals surface area contributed by atoms with Crippen LogP contribution in [0, 0.1) is 17.3 Å². The van der Waals surface area contributed by atoms with Crippen molar-refractivity contribution < 1.29 is 18.4 Å². The van der Waals surface area contributed by atoms with Crippen molar-refractivity contribution in [1.82, 2.24) is 5.48 Å². The zero-order valence-corrected chi connectivity index (χ0v) is 18.7. The number of carbonyl (C=O) groups excluding carboxylic acids is 1. The number of rotatable bonds is 11. The van der Waals surface area contributed by atoms with Crippen LogP contribution in [0.15, 0.2) is 0 Å². The van der Waals surface area contributed by atoms with E-state index >= 15 is 0 Å². The molecule has 0 amide bonds. The van der Waals surface area contributed by atoms with Crippen molar-refractivity contribution in [3.8, 4) is 0 Å². The Morgan fingerprint density at radius 3 is 2.39 bits per heavy atom. The van der Waals surface area contributed by atoms with E-state index in [4.69, 9.17) is 0 Å². The molecule has 2 aliphatic rings. The average Bonchev–Trinajstić information content (AvgIpc) is 2.71. The fraction of sp³-hybridized carbons (Fsp3) is 0.955. The number of unbranched alkanes of at least 4 members (excludes halogenated alkanes) is 1. The smallest absolute Gasteiger partial charge is 0.154 e. The fourth-order valence-corrected chi connectivity index (χ4v) is 8.22. The number of sulfone groups is 1. The Kier molecular flexibility index (Phi) is 9.42. The SMILES string of the molecule is CCCCC(C=O)(CC)CS(=O)(=O)C1CCC(NO)CC1CC1CCCCC1. The van der Waals surface area contributed by atoms with Crippen LogP contribution in [0.25, 0.3) is 0 Å². The number of carbonyl (C=O) groups is 1. The van der Waals surface area contributed by atoms with Crippen molar-refractivity contribution in [1.29, 1.82) is 0 Å². The van der Waals surface area contributed by atoms with Crippen molar-refractivity contribution in [2.45, 2.75) is 109 Å². The number of hydrogen-bond donors (Lipinski definition) is 2. The summed E-state index contributed by atoms with van der Waals surface area (Å²) in [5.74, 6) is 0.679. The second kappa shape index (κ2) is 11.1. The first-order valence-corrected chi connectivity index (χ1v) is 13.2. The summed E-state index contributed by atoms with van der Waals surface area (Å²) in [4.78, 5) is 11.9. The minimum atomic E-state index is -3.37. The Morgan fingerprint density at radius 1 is 1.11 bits per heavy atom. The minimum absolute atomic E-state index is 0.0109. The van der Waals surface area contributed by atoms with E-state index in [1.54, 1.807) is 0 Å². The maximum atomic E-state index is 13.5. The Morgan fingerprint density at radius 2 is 1.82 bits per heavy atom. The molecule has 0 aromatic carbocycles. The molecule has 2 fully saturated rings. The predicted octanol–water partition coefficient (Wildman–Crippen LogP) is 4.67. The van der Waals surface area contributed by atoms with Gasteiger partial charge >= 0.3 is 0 Å². The summed E-state index contributed by atoms with van der Waals surface area (Å²) >= 11 is 0. The highest BCUT2D eigenvalue weighted by atomic mass is 32.2. The lowest BCUT2D eigenvalue weighted by atomic mass is 9.76. The van der Waals surface area contributed by atoms with Gasteiger partial charge in [0.1, 0.15) is 6.29 Å². The highest BCUT2D eigenvalue weighted by Crippen LogP contribution is 2.40. The fourth-order valence-electron chi connectivity index (χ4n) is 5.49. The third kappa shape index (κ3) is 6.27. The molecule has 4 unspecified atom stereocenters. The summed E-state index contributed by atoms with van der Waals surface area (Å²) in [6.45, 7) is 4.01. The summed E-state index contributed by atoms with van der Waals surface area (Å²) in [6, 6.07) is -0.0119. The first kappa shape index (κ1) is 23.8. The summed E-state index contributed by atoms with van der Waals surface area (Å²) in [7, 11) is -3.37. The molecule has 6 heteroatoms. The van der Waals surface area contributed by atoms with Crippen LogP contribution in [0.3, 0.4) is 0 Å². The lowest BCUT2D eigenvalue weighted by Crippen LogP contribution is -2.46. The standard InChI is InChI=1S/C22H41NO4S/c1-3-5-13-22(4-2,16-24)17-28(26,27)21-12-11-20(23-25)15-19(21)14-18-9-7-6-8-10-18/h16,18-21,23,25H,3-15,17H2,1-2H3. The molecule has 2 saturated carbocycles. The van der Waals surface area contributed by atoms with E-state index in [-0.39, 0.29) is 23.0 Å². The lowest BCUT2D eigenvalue weighted by molar-refractivity contribution is -0.115. The molecule has 2 N–H and O–H groups in total. The number of aldehydes is 1. The van der Waals surface area contributed by atoms with Gasteiger partial charge < -0.3 is 10.0 Å². The van der Waals surface area contributed by atoms with Gasteiger partial charge in [0.25, 0.3) is 0 Å². The second-order valence-corrected chi connectivity index (χ2v) is 11.6. The van der Waals surface area contributed by atoms with Crippen molar-refractivity contribution >= 4 is 16.1 Å². The maximum Gasteiger partial charge on any atom is 0.154 e. The molecule has 2 rings (SSSR count). The molecule has 2 aliphatic carbocycles. The summed E-state index contributed by atoms with van der Waals surface area (Å²) in [6.07, 6.45) is 13.1. The highest BCUT2D eigenvalue weighted by Gasteiger charge is 2.43. The van der Waals surface area contributed by atoms with Crippen molar-refractivity contribution in [2.24, 2.45) is 17.3 Å². The van der Waals surface area contributed by atoms with E-state index in [0.717, 1.165) is 25.5 Å². The third-order valence-electron chi connectivity index (χ3n) is 7.39. The van der Waals surface area contributed by atoms with Crippen molar-refractivity contribution in [2.75, 3.05) is 5.75 Å². The minimum Gasteiger partial charge on any atom is -0.317 e. The van der Waals surface area contributed by atoms with Crippen LogP contribution in [-0.2, 0) is 14.6 Å². The molecule has 5 nitrogen and oxygen atoms in total. The van der Waals surface area contributed by atoms with Crippen LogP contribution < -0.4 is 5.48 Å². The van der Waals surface area contributed by atoms with Crippen molar-refractivity contribution in [3.63, 3.8) is 0 Å². The summed E-state index contributed by atoms with van der Waals surface area (Å²) in [5.41, 5.74) is 1.65. The van der Waals surface area contributed by atoms with Crippen LogP contribution in [0.2, 0.25) is 0 Å². The largest absolute Gasteiger partial charge is 0.317 e. The van der Waals surface area contributed by atoms with Gasteiger partial charge in [-0.05, 0) is 50.4 Å². The van der Waals surface area contributed by atoms with Gasteiger partial charge in [0.05, 0.1) is 11.0 Å². The van der Waals surface area contributed by atoms with E-state index < -0.39 is 15.3 Å². The average molecular weight is 416 g/mol. The third-order valence-corrected chi connectivity index (χ3v) is 9.91. The zero-order chi connectivity index (χ0) is 20.6. The van der Waals surface area contributed by atoms with Gasteiger partial charge in [-0.3, -0.25) is 0 Å². The van der Waals surface area contributed by atoms with Crippen LogP contribution in [0.1, 0.15) is 97.3 Å². The molecule has 0 heterocycles. The molecule has 0 radical (unpaired) electrons. The molecule has 0 bridgehead atoms. The molecular formula is C22H41NO4S. The lowest BCUT2D eigenvalue weighted by Gasteiger charge is -2.39. The van der Waals surface area contributed by atoms with Gasteiger partial charge in [-0.15, -0.1) is 0 Å². The predicted molar refractivity (Wildman–Crippen MR) is 113 cm³/mol. The maximum absolute atomic E-state index is 13.5. The Labute approximate surface area is 171 Å². The van der Waals surface area contributed by atoms with Crippen LogP contribution >= 0.6 is 0 Å². The van der Waals surface area contributed by atoms with E-state index in [1.165, 1.54) is 32.1 Å². The molecule has 0 aromatic heterocycles. The van der Waals surface area contributed by atoms with E-state index in [1.807, 2.05) is 6.92 Å². The highest BCUT2D eigenvalue weighted by molar-refractivity contribution is 7.92. The normalized spacial score (nSPS) is 29.3. The van der Waals surface area contributed by atoms with Gasteiger partial charge in [-0.2, -0.15) is 0 Å². The van der Waals surface area contributed by atoms with Gasteiger partial charge in [0.2, 0.25) is 0 Å². The van der Waals surface area contributed by atoms with E-state index in [9.17, 15) is 18.4 Å². The van der Waals surface area contributed by atoms with Gasteiger partial charge in [-0.25, -0.2) is 13.9 Å². The van der Waals surface area contributed by atoms with Crippen LogP contribution in [-0.4, -0.2) is 37.0 Å². The van der Waals surface area contributed by atoms with Gasteiger partial charge in [0.15, 0.2) is 9.84 Å². The van der Waals surface area contributed by atoms with Gasteiger partial charge in [-0.1, -0.05) is 58.8 Å². The molecule has 164 valence electrons. The topological polar surface area (TPSA) is 83.5 Å². The molecule has 0 aromatic rings. The number of nitrogens with one attached hydrogen (secondary N) is 1. The Bertz CT molecular complexity index is 573. The quantitative estimate of drug-likeness (QED) is 0.378. The van der Waals surface area contributed by atoms with E-state index in [2.05, 4.69) is 12.4 Å². The molecule has 0 aliphatic heterocycles. The van der Waals surface area contributed by atoms with Gasteiger partial charge in [0, 0.05) is 11.5 Å². The first-order valence-electron chi connectivity index (χ1n) is 11.5. The number of hydroxylamine groups is 1. The summed E-state index contributed by atoms with van der Waals surface area (Å²) < 4.78 is 27.0. The molecule has 28 heavy (non-hydrogen) atoms. The number of hydrogen-bond acceptors (Lipinski definition) is 5. The van der Waals surface area contributed by atoms with Crippen LogP contribution in [0.5, 0.6) is 0 Å².